The second kappa shape index (κ2) is 7.96. The van der Waals surface area contributed by atoms with Crippen molar-refractivity contribution in [3.05, 3.63) is 48.0 Å². The van der Waals surface area contributed by atoms with Crippen LogP contribution in [0.2, 0.25) is 0 Å². The molecule has 2 aromatic carbocycles. The quantitative estimate of drug-likeness (QED) is 0.885. The highest BCUT2D eigenvalue weighted by atomic mass is 35.5. The third kappa shape index (κ3) is 3.45. The molecule has 0 aliphatic heterocycles. The van der Waals surface area contributed by atoms with Gasteiger partial charge in [0.25, 0.3) is 0 Å². The molecule has 3 N–H and O–H groups in total. The van der Waals surface area contributed by atoms with Gasteiger partial charge in [0.05, 0.1) is 6.10 Å². The molecule has 0 amide bonds. The number of hydrogen-bond donors (Lipinski definition) is 2. The number of aliphatic hydroxyl groups is 1. The average molecular weight is 320 g/mol. The highest BCUT2D eigenvalue weighted by molar-refractivity contribution is 5.86. The van der Waals surface area contributed by atoms with Gasteiger partial charge in [0.2, 0.25) is 0 Å². The lowest BCUT2D eigenvalue weighted by Gasteiger charge is -2.32. The van der Waals surface area contributed by atoms with E-state index in [1.54, 1.807) is 0 Å². The predicted octanol–water partition coefficient (Wildman–Crippen LogP) is 4.25. The number of benzene rings is 2. The first-order valence-electron chi connectivity index (χ1n) is 8.17. The van der Waals surface area contributed by atoms with Gasteiger partial charge in [-0.1, -0.05) is 61.7 Å². The molecule has 120 valence electrons. The molecular formula is C19H26ClNO. The molecule has 0 aromatic heterocycles. The number of aliphatic hydroxyl groups excluding tert-OH is 1. The van der Waals surface area contributed by atoms with Crippen LogP contribution in [-0.4, -0.2) is 17.8 Å². The molecule has 0 unspecified atom stereocenters. The highest BCUT2D eigenvalue weighted by Crippen LogP contribution is 2.35. The first-order valence-corrected chi connectivity index (χ1v) is 8.17. The van der Waals surface area contributed by atoms with Crippen molar-refractivity contribution in [2.75, 3.05) is 6.54 Å². The third-order valence-corrected chi connectivity index (χ3v) is 5.02. The van der Waals surface area contributed by atoms with Crippen molar-refractivity contribution in [2.24, 2.45) is 11.7 Å². The fourth-order valence-corrected chi connectivity index (χ4v) is 3.83. The van der Waals surface area contributed by atoms with Gasteiger partial charge in [0.1, 0.15) is 0 Å². The minimum Gasteiger partial charge on any atom is -0.392 e. The number of hydrogen-bond acceptors (Lipinski definition) is 2. The Balaban J connectivity index is 0.00000176. The van der Waals surface area contributed by atoms with Crippen LogP contribution in [0.5, 0.6) is 0 Å². The van der Waals surface area contributed by atoms with Crippen molar-refractivity contribution in [1.82, 2.24) is 0 Å². The maximum atomic E-state index is 10.9. The molecular weight excluding hydrogens is 294 g/mol. The van der Waals surface area contributed by atoms with Crippen molar-refractivity contribution in [1.29, 1.82) is 0 Å². The number of rotatable bonds is 4. The SMILES string of the molecule is Cl.NC[C@@H](c1cccc2ccccc12)[C@H](O)C1CCCCC1. The van der Waals surface area contributed by atoms with Gasteiger partial charge < -0.3 is 10.8 Å². The second-order valence-corrected chi connectivity index (χ2v) is 6.30. The Morgan fingerprint density at radius 1 is 1.00 bits per heavy atom. The lowest BCUT2D eigenvalue weighted by Crippen LogP contribution is -2.33. The first-order chi connectivity index (χ1) is 10.3. The van der Waals surface area contributed by atoms with Crippen LogP contribution in [0.15, 0.2) is 42.5 Å². The summed E-state index contributed by atoms with van der Waals surface area (Å²) in [7, 11) is 0. The normalized spacial score (nSPS) is 18.6. The van der Waals surface area contributed by atoms with Gasteiger partial charge in [0.15, 0.2) is 0 Å². The van der Waals surface area contributed by atoms with E-state index in [2.05, 4.69) is 42.5 Å². The number of halogens is 1. The lowest BCUT2D eigenvalue weighted by molar-refractivity contribution is 0.0628. The van der Waals surface area contributed by atoms with E-state index in [0.29, 0.717) is 12.5 Å². The van der Waals surface area contributed by atoms with Gasteiger partial charge >= 0.3 is 0 Å². The topological polar surface area (TPSA) is 46.2 Å². The van der Waals surface area contributed by atoms with Crippen molar-refractivity contribution in [3.8, 4) is 0 Å². The maximum Gasteiger partial charge on any atom is 0.0649 e. The summed E-state index contributed by atoms with van der Waals surface area (Å²) in [5.41, 5.74) is 7.25. The average Bonchev–Trinajstić information content (AvgIpc) is 2.56. The zero-order valence-electron chi connectivity index (χ0n) is 12.9. The molecule has 22 heavy (non-hydrogen) atoms. The minimum absolute atomic E-state index is 0. The molecule has 0 bridgehead atoms. The summed E-state index contributed by atoms with van der Waals surface area (Å²) < 4.78 is 0. The van der Waals surface area contributed by atoms with E-state index in [-0.39, 0.29) is 24.4 Å². The molecule has 2 aromatic rings. The summed E-state index contributed by atoms with van der Waals surface area (Å²) in [6.45, 7) is 0.506. The third-order valence-electron chi connectivity index (χ3n) is 5.02. The molecule has 0 spiro atoms. The van der Waals surface area contributed by atoms with Gasteiger partial charge in [-0.3, -0.25) is 0 Å². The van der Waals surface area contributed by atoms with Crippen LogP contribution in [0.4, 0.5) is 0 Å². The molecule has 0 saturated heterocycles. The number of nitrogens with two attached hydrogens (primary N) is 1. The zero-order valence-corrected chi connectivity index (χ0v) is 13.8. The Morgan fingerprint density at radius 2 is 1.68 bits per heavy atom. The molecule has 2 atom stereocenters. The molecule has 1 saturated carbocycles. The summed E-state index contributed by atoms with van der Waals surface area (Å²) in [6.07, 6.45) is 5.76. The second-order valence-electron chi connectivity index (χ2n) is 6.30. The Hall–Kier alpha value is -1.09. The van der Waals surface area contributed by atoms with E-state index < -0.39 is 0 Å². The Kier molecular flexibility index (Phi) is 6.25. The summed E-state index contributed by atoms with van der Waals surface area (Å²) in [5, 5.41) is 13.3. The molecule has 1 fully saturated rings. The minimum atomic E-state index is -0.318. The predicted molar refractivity (Wildman–Crippen MR) is 95.6 cm³/mol. The summed E-state index contributed by atoms with van der Waals surface area (Å²) in [4.78, 5) is 0. The van der Waals surface area contributed by atoms with Crippen LogP contribution in [0, 0.1) is 5.92 Å². The van der Waals surface area contributed by atoms with Crippen molar-refractivity contribution >= 4 is 23.2 Å². The van der Waals surface area contributed by atoms with Crippen LogP contribution in [0.1, 0.15) is 43.6 Å². The largest absolute Gasteiger partial charge is 0.392 e. The van der Waals surface area contributed by atoms with E-state index in [1.165, 1.54) is 35.6 Å². The van der Waals surface area contributed by atoms with Crippen molar-refractivity contribution in [3.63, 3.8) is 0 Å². The van der Waals surface area contributed by atoms with Gasteiger partial charge in [-0.25, -0.2) is 0 Å². The molecule has 1 aliphatic carbocycles. The molecule has 0 heterocycles. The van der Waals surface area contributed by atoms with Gasteiger partial charge in [-0.15, -0.1) is 12.4 Å². The molecule has 3 heteroatoms. The van der Waals surface area contributed by atoms with E-state index >= 15 is 0 Å². The van der Waals surface area contributed by atoms with Crippen molar-refractivity contribution < 1.29 is 5.11 Å². The van der Waals surface area contributed by atoms with Crippen LogP contribution >= 0.6 is 12.4 Å². The Labute approximate surface area is 139 Å². The lowest BCUT2D eigenvalue weighted by atomic mass is 9.77. The smallest absolute Gasteiger partial charge is 0.0649 e. The fourth-order valence-electron chi connectivity index (χ4n) is 3.83. The van der Waals surface area contributed by atoms with Crippen molar-refractivity contribution in [2.45, 2.75) is 44.1 Å². The Morgan fingerprint density at radius 3 is 2.41 bits per heavy atom. The van der Waals surface area contributed by atoms with E-state index in [4.69, 9.17) is 5.73 Å². The number of fused-ring (bicyclic) bond motifs is 1. The van der Waals surface area contributed by atoms with Crippen LogP contribution in [0.25, 0.3) is 10.8 Å². The molecule has 2 nitrogen and oxygen atoms in total. The zero-order chi connectivity index (χ0) is 14.7. The molecule has 1 aliphatic rings. The monoisotopic (exact) mass is 319 g/mol. The van der Waals surface area contributed by atoms with Crippen LogP contribution < -0.4 is 5.73 Å². The Bertz CT molecular complexity index is 590. The van der Waals surface area contributed by atoms with Gasteiger partial charge in [0, 0.05) is 12.5 Å². The van der Waals surface area contributed by atoms with Crippen LogP contribution in [0.3, 0.4) is 0 Å². The highest BCUT2D eigenvalue weighted by Gasteiger charge is 2.29. The molecule has 0 radical (unpaired) electrons. The summed E-state index contributed by atoms with van der Waals surface area (Å²) in [6, 6.07) is 14.7. The summed E-state index contributed by atoms with van der Waals surface area (Å²) in [5.74, 6) is 0.450. The van der Waals surface area contributed by atoms with Gasteiger partial charge in [-0.2, -0.15) is 0 Å². The molecule has 3 rings (SSSR count). The van der Waals surface area contributed by atoms with Crippen LogP contribution in [-0.2, 0) is 0 Å². The fraction of sp³-hybridized carbons (Fsp3) is 0.474. The van der Waals surface area contributed by atoms with Gasteiger partial charge in [-0.05, 0) is 35.1 Å². The maximum absolute atomic E-state index is 10.9. The van der Waals surface area contributed by atoms with E-state index in [1.807, 2.05) is 0 Å². The summed E-state index contributed by atoms with van der Waals surface area (Å²) >= 11 is 0. The van der Waals surface area contributed by atoms with E-state index in [9.17, 15) is 5.11 Å². The standard InChI is InChI=1S/C19H25NO.ClH/c20-13-18(19(21)15-8-2-1-3-9-15)17-12-6-10-14-7-4-5-11-16(14)17;/h4-7,10-12,15,18-19,21H,1-3,8-9,13,20H2;1H/t18-,19+;/m0./s1. The van der Waals surface area contributed by atoms with E-state index in [0.717, 1.165) is 12.8 Å². The first kappa shape index (κ1) is 17.3.